The van der Waals surface area contributed by atoms with E-state index in [1.54, 1.807) is 12.3 Å². The molecule has 0 bridgehead atoms. The van der Waals surface area contributed by atoms with Crippen LogP contribution in [0, 0.1) is 6.92 Å². The SMILES string of the molecule is C=CC(=O)Nc1cc(-c2c(-c3cccc(N4CCOCC4)c3)[nH]c3nccc(Cl)c23)ccc1C. The zero-order valence-electron chi connectivity index (χ0n) is 18.9. The number of amides is 1. The fourth-order valence-electron chi connectivity index (χ4n) is 4.36. The quantitative estimate of drug-likeness (QED) is 0.359. The molecule has 34 heavy (non-hydrogen) atoms. The van der Waals surface area contributed by atoms with E-state index in [2.05, 4.69) is 51.0 Å². The van der Waals surface area contributed by atoms with Gasteiger partial charge < -0.3 is 19.9 Å². The monoisotopic (exact) mass is 472 g/mol. The minimum absolute atomic E-state index is 0.252. The number of hydrogen-bond acceptors (Lipinski definition) is 4. The number of rotatable bonds is 5. The van der Waals surface area contributed by atoms with Crippen LogP contribution in [-0.2, 0) is 9.53 Å². The topological polar surface area (TPSA) is 70.2 Å². The number of aromatic amines is 1. The Morgan fingerprint density at radius 1 is 1.18 bits per heavy atom. The van der Waals surface area contributed by atoms with E-state index >= 15 is 0 Å². The van der Waals surface area contributed by atoms with E-state index in [1.165, 1.54) is 6.08 Å². The molecule has 172 valence electrons. The molecular weight excluding hydrogens is 448 g/mol. The van der Waals surface area contributed by atoms with Gasteiger partial charge in [-0.15, -0.1) is 0 Å². The van der Waals surface area contributed by atoms with Crippen molar-refractivity contribution in [1.82, 2.24) is 9.97 Å². The van der Waals surface area contributed by atoms with Gasteiger partial charge in [0, 0.05) is 47.2 Å². The smallest absolute Gasteiger partial charge is 0.247 e. The van der Waals surface area contributed by atoms with Crippen molar-refractivity contribution in [3.8, 4) is 22.4 Å². The van der Waals surface area contributed by atoms with Crippen LogP contribution in [0.2, 0.25) is 5.02 Å². The Bertz CT molecular complexity index is 1390. The van der Waals surface area contributed by atoms with E-state index in [0.717, 1.165) is 71.0 Å². The first-order valence-corrected chi connectivity index (χ1v) is 11.6. The molecule has 1 aliphatic rings. The van der Waals surface area contributed by atoms with Gasteiger partial charge in [-0.05, 0) is 48.4 Å². The lowest BCUT2D eigenvalue weighted by molar-refractivity contribution is -0.111. The maximum Gasteiger partial charge on any atom is 0.247 e. The number of nitrogens with zero attached hydrogens (tertiary/aromatic N) is 2. The summed E-state index contributed by atoms with van der Waals surface area (Å²) in [6.07, 6.45) is 2.96. The van der Waals surface area contributed by atoms with Gasteiger partial charge in [0.1, 0.15) is 5.65 Å². The second-order valence-corrected chi connectivity index (χ2v) is 8.67. The third-order valence-electron chi connectivity index (χ3n) is 6.12. The molecule has 0 spiro atoms. The van der Waals surface area contributed by atoms with Gasteiger partial charge in [0.2, 0.25) is 5.91 Å². The summed E-state index contributed by atoms with van der Waals surface area (Å²) in [5.41, 5.74) is 7.38. The lowest BCUT2D eigenvalue weighted by Gasteiger charge is -2.29. The van der Waals surface area contributed by atoms with Gasteiger partial charge in [0.15, 0.2) is 0 Å². The summed E-state index contributed by atoms with van der Waals surface area (Å²) < 4.78 is 5.52. The highest BCUT2D eigenvalue weighted by atomic mass is 35.5. The number of pyridine rings is 1. The highest BCUT2D eigenvalue weighted by Crippen LogP contribution is 2.42. The summed E-state index contributed by atoms with van der Waals surface area (Å²) in [5, 5.41) is 4.36. The van der Waals surface area contributed by atoms with Crippen LogP contribution in [0.25, 0.3) is 33.4 Å². The summed E-state index contributed by atoms with van der Waals surface area (Å²) in [6.45, 7) is 8.69. The maximum atomic E-state index is 12.0. The van der Waals surface area contributed by atoms with Gasteiger partial charge in [0.25, 0.3) is 0 Å². The van der Waals surface area contributed by atoms with Crippen LogP contribution in [0.3, 0.4) is 0 Å². The molecule has 0 unspecified atom stereocenters. The van der Waals surface area contributed by atoms with Crippen LogP contribution < -0.4 is 10.2 Å². The predicted octanol–water partition coefficient (Wildman–Crippen LogP) is 5.82. The number of ether oxygens (including phenoxy) is 1. The van der Waals surface area contributed by atoms with Crippen molar-refractivity contribution >= 4 is 39.9 Å². The van der Waals surface area contributed by atoms with E-state index < -0.39 is 0 Å². The highest BCUT2D eigenvalue weighted by molar-refractivity contribution is 6.36. The molecule has 5 rings (SSSR count). The highest BCUT2D eigenvalue weighted by Gasteiger charge is 2.20. The Labute approximate surface area is 203 Å². The van der Waals surface area contributed by atoms with Crippen molar-refractivity contribution in [2.45, 2.75) is 6.92 Å². The van der Waals surface area contributed by atoms with Crippen molar-refractivity contribution in [3.05, 3.63) is 78.0 Å². The van der Waals surface area contributed by atoms with E-state index in [0.29, 0.717) is 10.7 Å². The van der Waals surface area contributed by atoms with Gasteiger partial charge in [-0.1, -0.05) is 42.4 Å². The molecule has 6 nitrogen and oxygen atoms in total. The molecule has 4 aromatic rings. The number of aromatic nitrogens is 2. The lowest BCUT2D eigenvalue weighted by atomic mass is 9.97. The number of nitrogens with one attached hydrogen (secondary N) is 2. The molecule has 1 amide bonds. The lowest BCUT2D eigenvalue weighted by Crippen LogP contribution is -2.36. The summed E-state index contributed by atoms with van der Waals surface area (Å²) in [6, 6.07) is 16.3. The molecule has 1 fully saturated rings. The van der Waals surface area contributed by atoms with Gasteiger partial charge in [-0.25, -0.2) is 4.98 Å². The van der Waals surface area contributed by atoms with E-state index in [1.807, 2.05) is 25.1 Å². The number of anilines is 2. The number of hydrogen-bond donors (Lipinski definition) is 2. The van der Waals surface area contributed by atoms with Gasteiger partial charge in [0.05, 0.1) is 23.9 Å². The fraction of sp³-hybridized carbons (Fsp3) is 0.185. The van der Waals surface area contributed by atoms with Crippen molar-refractivity contribution in [2.75, 3.05) is 36.5 Å². The third-order valence-corrected chi connectivity index (χ3v) is 6.44. The zero-order valence-corrected chi connectivity index (χ0v) is 19.7. The Kier molecular flexibility index (Phi) is 6.09. The van der Waals surface area contributed by atoms with E-state index in [9.17, 15) is 4.79 Å². The Hall–Kier alpha value is -3.61. The standard InChI is InChI=1S/C27H25ClN4O2/c1-3-23(33)30-22-16-18(8-7-17(22)2)24-25-21(28)9-10-29-27(25)31-26(24)19-5-4-6-20(15-19)32-11-13-34-14-12-32/h3-10,15-16H,1,11-14H2,2H3,(H,29,31)(H,30,33). The number of H-pyrrole nitrogens is 1. The Morgan fingerprint density at radius 3 is 2.79 bits per heavy atom. The minimum Gasteiger partial charge on any atom is -0.378 e. The van der Waals surface area contributed by atoms with Crippen LogP contribution in [0.1, 0.15) is 5.56 Å². The number of halogens is 1. The first-order chi connectivity index (χ1) is 16.5. The Morgan fingerprint density at radius 2 is 2.00 bits per heavy atom. The average Bonchev–Trinajstić information content (AvgIpc) is 3.27. The second kappa shape index (κ2) is 9.33. The minimum atomic E-state index is -0.252. The molecule has 2 N–H and O–H groups in total. The van der Waals surface area contributed by atoms with Crippen LogP contribution >= 0.6 is 11.6 Å². The summed E-state index contributed by atoms with van der Waals surface area (Å²) in [5.74, 6) is -0.252. The molecule has 3 heterocycles. The second-order valence-electron chi connectivity index (χ2n) is 8.26. The largest absolute Gasteiger partial charge is 0.378 e. The number of aryl methyl sites for hydroxylation is 1. The number of fused-ring (bicyclic) bond motifs is 1. The van der Waals surface area contributed by atoms with Crippen LogP contribution in [0.4, 0.5) is 11.4 Å². The normalized spacial score (nSPS) is 13.8. The van der Waals surface area contributed by atoms with Crippen LogP contribution in [-0.4, -0.2) is 42.2 Å². The average molecular weight is 473 g/mol. The number of carbonyl (C=O) groups excluding carboxylic acids is 1. The molecule has 0 saturated carbocycles. The van der Waals surface area contributed by atoms with Gasteiger partial charge >= 0.3 is 0 Å². The Balaban J connectivity index is 1.69. The molecule has 0 radical (unpaired) electrons. The maximum absolute atomic E-state index is 12.0. The van der Waals surface area contributed by atoms with Crippen molar-refractivity contribution in [2.24, 2.45) is 0 Å². The number of morpholine rings is 1. The van der Waals surface area contributed by atoms with Crippen LogP contribution in [0.15, 0.2) is 67.4 Å². The molecule has 0 aliphatic carbocycles. The van der Waals surface area contributed by atoms with E-state index in [4.69, 9.17) is 16.3 Å². The first-order valence-electron chi connectivity index (χ1n) is 11.2. The molecule has 2 aromatic heterocycles. The molecule has 0 atom stereocenters. The molecule has 1 saturated heterocycles. The van der Waals surface area contributed by atoms with Gasteiger partial charge in [-0.2, -0.15) is 0 Å². The number of carbonyl (C=O) groups is 1. The zero-order chi connectivity index (χ0) is 23.7. The summed E-state index contributed by atoms with van der Waals surface area (Å²) in [4.78, 5) is 22.4. The third kappa shape index (κ3) is 4.18. The van der Waals surface area contributed by atoms with Crippen molar-refractivity contribution < 1.29 is 9.53 Å². The van der Waals surface area contributed by atoms with Gasteiger partial charge in [-0.3, -0.25) is 4.79 Å². The van der Waals surface area contributed by atoms with Crippen molar-refractivity contribution in [1.29, 1.82) is 0 Å². The van der Waals surface area contributed by atoms with Crippen LogP contribution in [0.5, 0.6) is 0 Å². The molecule has 2 aromatic carbocycles. The fourth-order valence-corrected chi connectivity index (χ4v) is 4.60. The first kappa shape index (κ1) is 22.2. The summed E-state index contributed by atoms with van der Waals surface area (Å²) in [7, 11) is 0. The summed E-state index contributed by atoms with van der Waals surface area (Å²) >= 11 is 6.68. The molecule has 1 aliphatic heterocycles. The molecule has 7 heteroatoms. The van der Waals surface area contributed by atoms with E-state index in [-0.39, 0.29) is 5.91 Å². The predicted molar refractivity (Wildman–Crippen MR) is 139 cm³/mol. The number of benzene rings is 2. The van der Waals surface area contributed by atoms with Crippen molar-refractivity contribution in [3.63, 3.8) is 0 Å². The molecular formula is C27H25ClN4O2.